The van der Waals surface area contributed by atoms with E-state index in [2.05, 4.69) is 15.3 Å². The lowest BCUT2D eigenvalue weighted by Crippen LogP contribution is -2.16. The summed E-state index contributed by atoms with van der Waals surface area (Å²) < 4.78 is 0. The first kappa shape index (κ1) is 16.9. The molecule has 1 amide bonds. The van der Waals surface area contributed by atoms with Crippen LogP contribution in [0.3, 0.4) is 0 Å². The minimum atomic E-state index is -0.327. The van der Waals surface area contributed by atoms with Crippen LogP contribution < -0.4 is 10.2 Å². The molecule has 1 aromatic heterocycles. The fourth-order valence-electron chi connectivity index (χ4n) is 2.31. The molecule has 1 N–H and O–H groups in total. The predicted octanol–water partition coefficient (Wildman–Crippen LogP) is 4.46. The van der Waals surface area contributed by atoms with Crippen LogP contribution in [-0.4, -0.2) is 22.9 Å². The SMILES string of the molecule is Cc1ccc(Cl)cc1NC(=O)c1cnc(N(C)c2ccccc2)cn1. The number of benzene rings is 2. The smallest absolute Gasteiger partial charge is 0.275 e. The molecule has 1 heterocycles. The molecular weight excluding hydrogens is 336 g/mol. The Kier molecular flexibility index (Phi) is 4.95. The van der Waals surface area contributed by atoms with Gasteiger partial charge in [-0.25, -0.2) is 9.97 Å². The maximum atomic E-state index is 12.4. The summed E-state index contributed by atoms with van der Waals surface area (Å²) in [5.41, 5.74) is 2.81. The van der Waals surface area contributed by atoms with Crippen molar-refractivity contribution in [1.29, 1.82) is 0 Å². The molecule has 0 spiro atoms. The fourth-order valence-corrected chi connectivity index (χ4v) is 2.48. The van der Waals surface area contributed by atoms with Gasteiger partial charge in [-0.2, -0.15) is 0 Å². The number of amides is 1. The number of aryl methyl sites for hydroxylation is 1. The van der Waals surface area contributed by atoms with Gasteiger partial charge in [0.2, 0.25) is 0 Å². The lowest BCUT2D eigenvalue weighted by atomic mass is 10.2. The van der Waals surface area contributed by atoms with Gasteiger partial charge in [0.05, 0.1) is 12.4 Å². The predicted molar refractivity (Wildman–Crippen MR) is 101 cm³/mol. The van der Waals surface area contributed by atoms with Gasteiger partial charge in [-0.1, -0.05) is 35.9 Å². The van der Waals surface area contributed by atoms with Crippen molar-refractivity contribution < 1.29 is 4.79 Å². The molecule has 0 aliphatic carbocycles. The highest BCUT2D eigenvalue weighted by Crippen LogP contribution is 2.22. The van der Waals surface area contributed by atoms with E-state index in [9.17, 15) is 4.79 Å². The maximum absolute atomic E-state index is 12.4. The van der Waals surface area contributed by atoms with Gasteiger partial charge in [-0.3, -0.25) is 4.79 Å². The molecule has 0 aliphatic heterocycles. The Labute approximate surface area is 151 Å². The van der Waals surface area contributed by atoms with Gasteiger partial charge in [-0.05, 0) is 36.8 Å². The van der Waals surface area contributed by atoms with E-state index in [0.29, 0.717) is 16.5 Å². The Hall–Kier alpha value is -2.92. The average molecular weight is 353 g/mol. The van der Waals surface area contributed by atoms with Crippen LogP contribution in [0.5, 0.6) is 0 Å². The summed E-state index contributed by atoms with van der Waals surface area (Å²) in [6, 6.07) is 15.1. The number of carbonyl (C=O) groups is 1. The molecule has 0 bridgehead atoms. The molecule has 0 radical (unpaired) electrons. The number of nitrogens with zero attached hydrogens (tertiary/aromatic N) is 3. The molecule has 6 heteroatoms. The van der Waals surface area contributed by atoms with E-state index in [1.165, 1.54) is 6.20 Å². The standard InChI is InChI=1S/C19H17ClN4O/c1-13-8-9-14(20)10-16(13)23-19(25)17-11-22-18(12-21-17)24(2)15-6-4-3-5-7-15/h3-12H,1-2H3,(H,23,25). The highest BCUT2D eigenvalue weighted by molar-refractivity contribution is 6.31. The first-order valence-corrected chi connectivity index (χ1v) is 8.11. The van der Waals surface area contributed by atoms with Crippen LogP contribution in [0, 0.1) is 6.92 Å². The van der Waals surface area contributed by atoms with Crippen molar-refractivity contribution in [2.75, 3.05) is 17.3 Å². The first-order valence-electron chi connectivity index (χ1n) is 7.73. The van der Waals surface area contributed by atoms with E-state index in [4.69, 9.17) is 11.6 Å². The highest BCUT2D eigenvalue weighted by atomic mass is 35.5. The van der Waals surface area contributed by atoms with Crippen molar-refractivity contribution in [3.8, 4) is 0 Å². The third-order valence-corrected chi connectivity index (χ3v) is 4.04. The number of hydrogen-bond acceptors (Lipinski definition) is 4. The topological polar surface area (TPSA) is 58.1 Å². The third-order valence-electron chi connectivity index (χ3n) is 3.81. The fraction of sp³-hybridized carbons (Fsp3) is 0.105. The maximum Gasteiger partial charge on any atom is 0.275 e. The van der Waals surface area contributed by atoms with Crippen molar-refractivity contribution in [3.63, 3.8) is 0 Å². The second-order valence-corrected chi connectivity index (χ2v) is 6.00. The van der Waals surface area contributed by atoms with E-state index in [0.717, 1.165) is 11.3 Å². The second kappa shape index (κ2) is 7.32. The molecule has 2 aromatic carbocycles. The van der Waals surface area contributed by atoms with Crippen LogP contribution >= 0.6 is 11.6 Å². The van der Waals surface area contributed by atoms with Crippen molar-refractivity contribution in [2.24, 2.45) is 0 Å². The van der Waals surface area contributed by atoms with E-state index in [1.807, 2.05) is 55.3 Å². The van der Waals surface area contributed by atoms with Gasteiger partial charge < -0.3 is 10.2 Å². The van der Waals surface area contributed by atoms with Gasteiger partial charge in [0, 0.05) is 23.4 Å². The normalized spacial score (nSPS) is 10.4. The van der Waals surface area contributed by atoms with E-state index < -0.39 is 0 Å². The minimum Gasteiger partial charge on any atom is -0.328 e. The molecule has 5 nitrogen and oxygen atoms in total. The van der Waals surface area contributed by atoms with Crippen molar-refractivity contribution in [2.45, 2.75) is 6.92 Å². The Morgan fingerprint density at radius 2 is 1.84 bits per heavy atom. The molecule has 3 aromatic rings. The van der Waals surface area contributed by atoms with E-state index in [1.54, 1.807) is 18.3 Å². The van der Waals surface area contributed by atoms with Crippen LogP contribution in [0.2, 0.25) is 5.02 Å². The lowest BCUT2D eigenvalue weighted by molar-refractivity contribution is 0.102. The van der Waals surface area contributed by atoms with Crippen molar-refractivity contribution in [3.05, 3.63) is 77.2 Å². The summed E-state index contributed by atoms with van der Waals surface area (Å²) in [6.45, 7) is 1.90. The number of carbonyl (C=O) groups excluding carboxylic acids is 1. The molecule has 0 saturated carbocycles. The first-order chi connectivity index (χ1) is 12.0. The van der Waals surface area contributed by atoms with Crippen LogP contribution in [0.1, 0.15) is 16.1 Å². The zero-order chi connectivity index (χ0) is 17.8. The molecular formula is C19H17ClN4O. The third kappa shape index (κ3) is 3.95. The summed E-state index contributed by atoms with van der Waals surface area (Å²) in [4.78, 5) is 22.8. The Morgan fingerprint density at radius 3 is 2.52 bits per heavy atom. The zero-order valence-corrected chi connectivity index (χ0v) is 14.7. The van der Waals surface area contributed by atoms with Gasteiger partial charge in [0.15, 0.2) is 5.82 Å². The number of hydrogen-bond donors (Lipinski definition) is 1. The Morgan fingerprint density at radius 1 is 1.08 bits per heavy atom. The van der Waals surface area contributed by atoms with Gasteiger partial charge in [0.1, 0.15) is 5.69 Å². The number of nitrogens with one attached hydrogen (secondary N) is 1. The summed E-state index contributed by atoms with van der Waals surface area (Å²) >= 11 is 5.98. The van der Waals surface area contributed by atoms with Crippen molar-refractivity contribution in [1.82, 2.24) is 9.97 Å². The Balaban J connectivity index is 1.76. The monoisotopic (exact) mass is 352 g/mol. The number of aromatic nitrogens is 2. The zero-order valence-electron chi connectivity index (χ0n) is 13.9. The molecule has 0 fully saturated rings. The number of para-hydroxylation sites is 1. The quantitative estimate of drug-likeness (QED) is 0.753. The molecule has 0 unspecified atom stereocenters. The molecule has 0 atom stereocenters. The summed E-state index contributed by atoms with van der Waals surface area (Å²) in [6.07, 6.45) is 3.04. The van der Waals surface area contributed by atoms with Gasteiger partial charge in [0.25, 0.3) is 5.91 Å². The molecule has 0 aliphatic rings. The molecule has 126 valence electrons. The molecule has 0 saturated heterocycles. The van der Waals surface area contributed by atoms with Crippen LogP contribution in [0.15, 0.2) is 60.9 Å². The van der Waals surface area contributed by atoms with Crippen LogP contribution in [0.25, 0.3) is 0 Å². The lowest BCUT2D eigenvalue weighted by Gasteiger charge is -2.17. The summed E-state index contributed by atoms with van der Waals surface area (Å²) in [7, 11) is 1.90. The summed E-state index contributed by atoms with van der Waals surface area (Å²) in [5.74, 6) is 0.327. The van der Waals surface area contributed by atoms with Crippen LogP contribution in [-0.2, 0) is 0 Å². The van der Waals surface area contributed by atoms with Gasteiger partial charge in [-0.15, -0.1) is 0 Å². The average Bonchev–Trinajstić information content (AvgIpc) is 2.65. The van der Waals surface area contributed by atoms with Crippen molar-refractivity contribution >= 4 is 34.7 Å². The van der Waals surface area contributed by atoms with E-state index in [-0.39, 0.29) is 11.6 Å². The summed E-state index contributed by atoms with van der Waals surface area (Å²) in [5, 5.41) is 3.37. The number of anilines is 3. The Bertz CT molecular complexity index is 882. The highest BCUT2D eigenvalue weighted by Gasteiger charge is 2.12. The number of rotatable bonds is 4. The number of halogens is 1. The van der Waals surface area contributed by atoms with E-state index >= 15 is 0 Å². The van der Waals surface area contributed by atoms with Gasteiger partial charge >= 0.3 is 0 Å². The second-order valence-electron chi connectivity index (χ2n) is 5.57. The molecule has 3 rings (SSSR count). The largest absolute Gasteiger partial charge is 0.328 e. The van der Waals surface area contributed by atoms with Crippen LogP contribution in [0.4, 0.5) is 17.2 Å². The molecule has 25 heavy (non-hydrogen) atoms. The minimum absolute atomic E-state index is 0.240.